The lowest BCUT2D eigenvalue weighted by Crippen LogP contribution is -2.48. The quantitative estimate of drug-likeness (QED) is 0.644. The van der Waals surface area contributed by atoms with Crippen LogP contribution in [-0.2, 0) is 24.4 Å². The Labute approximate surface area is 182 Å². The Morgan fingerprint density at radius 2 is 1.71 bits per heavy atom. The fourth-order valence-corrected chi connectivity index (χ4v) is 4.40. The lowest BCUT2D eigenvalue weighted by Gasteiger charge is -2.28. The van der Waals surface area contributed by atoms with Gasteiger partial charge in [0.1, 0.15) is 11.5 Å². The number of amides is 1. The summed E-state index contributed by atoms with van der Waals surface area (Å²) in [4.78, 5) is 12.5. The number of nitrogens with one attached hydrogen (secondary N) is 1. The highest BCUT2D eigenvalue weighted by molar-refractivity contribution is 7.91. The number of nitrogens with zero attached hydrogens (tertiary/aromatic N) is 2. The van der Waals surface area contributed by atoms with Gasteiger partial charge in [0.15, 0.2) is 19.7 Å². The van der Waals surface area contributed by atoms with Crippen molar-refractivity contribution in [2.45, 2.75) is 36.2 Å². The minimum absolute atomic E-state index is 0.0230. The number of rotatable bonds is 6. The maximum atomic E-state index is 12.8. The Morgan fingerprint density at radius 1 is 1.10 bits per heavy atom. The van der Waals surface area contributed by atoms with Gasteiger partial charge in [-0.15, -0.1) is 0 Å². The van der Waals surface area contributed by atoms with Crippen molar-refractivity contribution < 1.29 is 26.4 Å². The van der Waals surface area contributed by atoms with Crippen LogP contribution in [-0.4, -0.2) is 40.7 Å². The monoisotopic (exact) mass is 465 g/mol. The molecule has 0 aliphatic heterocycles. The maximum absolute atomic E-state index is 12.8. The van der Waals surface area contributed by atoms with Crippen LogP contribution in [0.5, 0.6) is 0 Å². The molecule has 0 fully saturated rings. The predicted octanol–water partition coefficient (Wildman–Crippen LogP) is 2.64. The highest BCUT2D eigenvalue weighted by Gasteiger charge is 2.29. The molecule has 0 unspecified atom stereocenters. The second kappa shape index (κ2) is 9.05. The zero-order valence-electron chi connectivity index (χ0n) is 17.5. The van der Waals surface area contributed by atoms with Gasteiger partial charge in [0.05, 0.1) is 27.1 Å². The van der Waals surface area contributed by atoms with E-state index in [1.807, 2.05) is 6.07 Å². The highest BCUT2D eigenvalue weighted by atomic mass is 32.2. The normalized spacial score (nSPS) is 12.1. The van der Waals surface area contributed by atoms with E-state index in [0.29, 0.717) is 0 Å². The van der Waals surface area contributed by atoms with E-state index in [1.165, 1.54) is 24.3 Å². The summed E-state index contributed by atoms with van der Waals surface area (Å²) >= 11 is 0. The Balaban J connectivity index is 2.53. The highest BCUT2D eigenvalue weighted by Crippen LogP contribution is 2.27. The second-order valence-electron chi connectivity index (χ2n) is 7.61. The van der Waals surface area contributed by atoms with Crippen molar-refractivity contribution in [2.24, 2.45) is 0 Å². The number of hydrogen-bond acceptors (Lipinski definition) is 8. The summed E-state index contributed by atoms with van der Waals surface area (Å²) in [5.41, 5.74) is 1.43. The number of carbonyl (C=O) groups is 1. The van der Waals surface area contributed by atoms with E-state index in [0.717, 1.165) is 17.3 Å². The number of sulfone groups is 2. The molecule has 0 aliphatic rings. The minimum Gasteiger partial charge on any atom is -0.442 e. The van der Waals surface area contributed by atoms with Crippen molar-refractivity contribution in [1.29, 1.82) is 5.26 Å². The molecule has 1 amide bonds. The van der Waals surface area contributed by atoms with Crippen LogP contribution in [0.4, 0.5) is 10.5 Å². The van der Waals surface area contributed by atoms with E-state index in [1.54, 1.807) is 39.0 Å². The van der Waals surface area contributed by atoms with Gasteiger partial charge in [-0.3, -0.25) is 0 Å². The van der Waals surface area contributed by atoms with Crippen LogP contribution in [0.3, 0.4) is 0 Å². The smallest absolute Gasteiger partial charge is 0.429 e. The zero-order valence-corrected chi connectivity index (χ0v) is 19.1. The van der Waals surface area contributed by atoms with E-state index < -0.39 is 37.2 Å². The third kappa shape index (κ3) is 6.52. The van der Waals surface area contributed by atoms with Crippen molar-refractivity contribution in [2.75, 3.05) is 17.1 Å². The Bertz CT molecular complexity index is 1210. The molecule has 0 aliphatic carbocycles. The Kier molecular flexibility index (Phi) is 7.10. The zero-order chi connectivity index (χ0) is 23.4. The molecule has 9 nitrogen and oxygen atoms in total. The van der Waals surface area contributed by atoms with Gasteiger partial charge in [-0.1, -0.05) is 18.2 Å². The number of hydrazine groups is 1. The molecule has 0 saturated carbocycles. The third-order valence-corrected chi connectivity index (χ3v) is 6.45. The third-order valence-electron chi connectivity index (χ3n) is 3.82. The Morgan fingerprint density at radius 3 is 2.23 bits per heavy atom. The van der Waals surface area contributed by atoms with Crippen LogP contribution < -0.4 is 10.4 Å². The summed E-state index contributed by atoms with van der Waals surface area (Å²) in [6.07, 6.45) is -0.0913. The summed E-state index contributed by atoms with van der Waals surface area (Å²) in [6.45, 7) is 4.83. The molecule has 2 aromatic rings. The topological polar surface area (TPSA) is 134 Å². The lowest BCUT2D eigenvalue weighted by atomic mass is 10.2. The van der Waals surface area contributed by atoms with Gasteiger partial charge < -0.3 is 4.74 Å². The molecule has 0 atom stereocenters. The largest absolute Gasteiger partial charge is 0.442 e. The van der Waals surface area contributed by atoms with Crippen LogP contribution in [0, 0.1) is 11.3 Å². The molecule has 1 N–H and O–H groups in total. The summed E-state index contributed by atoms with van der Waals surface area (Å²) in [5.74, 6) is -0.709. The number of benzene rings is 2. The molecule has 31 heavy (non-hydrogen) atoms. The second-order valence-corrected chi connectivity index (χ2v) is 11.6. The van der Waals surface area contributed by atoms with Crippen molar-refractivity contribution >= 4 is 31.5 Å². The molecule has 0 aromatic heterocycles. The summed E-state index contributed by atoms with van der Waals surface area (Å²) in [7, 11) is -7.75. The fraction of sp³-hybridized carbons (Fsp3) is 0.300. The first kappa shape index (κ1) is 24.3. The molecule has 11 heteroatoms. The average molecular weight is 466 g/mol. The van der Waals surface area contributed by atoms with Gasteiger partial charge in [0.2, 0.25) is 0 Å². The summed E-state index contributed by atoms with van der Waals surface area (Å²) in [5, 5.41) is 9.84. The molecule has 0 radical (unpaired) electrons. The molecule has 2 rings (SSSR count). The molecule has 0 saturated heterocycles. The van der Waals surface area contributed by atoms with Crippen molar-refractivity contribution in [3.05, 3.63) is 54.1 Å². The number of ether oxygens (including phenoxy) is 1. The van der Waals surface area contributed by atoms with E-state index in [4.69, 9.17) is 10.00 Å². The molecular weight excluding hydrogens is 442 g/mol. The molecule has 166 valence electrons. The van der Waals surface area contributed by atoms with Gasteiger partial charge >= 0.3 is 6.09 Å². The minimum atomic E-state index is -3.88. The number of hydrogen-bond donors (Lipinski definition) is 1. The summed E-state index contributed by atoms with van der Waals surface area (Å²) in [6, 6.07) is 13.1. The number of carbonyl (C=O) groups excluding carboxylic acids is 1. The first-order chi connectivity index (χ1) is 14.2. The molecule has 0 bridgehead atoms. The number of anilines is 1. The Hall–Kier alpha value is -2.94. The fourth-order valence-electron chi connectivity index (χ4n) is 2.48. The first-order valence-electron chi connectivity index (χ1n) is 9.03. The van der Waals surface area contributed by atoms with E-state index >= 15 is 0 Å². The molecule has 2 aromatic carbocycles. The molecular formula is C20H23N3O6S2. The van der Waals surface area contributed by atoms with Crippen molar-refractivity contribution in [1.82, 2.24) is 5.43 Å². The van der Waals surface area contributed by atoms with Crippen molar-refractivity contribution in [3.8, 4) is 6.07 Å². The average Bonchev–Trinajstić information content (AvgIpc) is 2.66. The SMILES string of the molecule is CC(C)(C)OC(=O)N(NCS(=O)(=O)c1ccccc1)c1ccc(C#N)cc1S(C)(=O)=O. The standard InChI is InChI=1S/C20H23N3O6S2/c1-20(2,3)29-19(24)23(22-14-31(27,28)16-8-6-5-7-9-16)17-11-10-15(13-21)12-18(17)30(4,25)26/h5-12,22H,14H2,1-4H3. The van der Waals surface area contributed by atoms with Crippen LogP contribution >= 0.6 is 0 Å². The van der Waals surface area contributed by atoms with Crippen LogP contribution in [0.1, 0.15) is 26.3 Å². The van der Waals surface area contributed by atoms with E-state index in [2.05, 4.69) is 5.43 Å². The van der Waals surface area contributed by atoms with Crippen LogP contribution in [0.25, 0.3) is 0 Å². The predicted molar refractivity (Wildman–Crippen MR) is 115 cm³/mol. The van der Waals surface area contributed by atoms with Gasteiger partial charge in [0.25, 0.3) is 0 Å². The van der Waals surface area contributed by atoms with Gasteiger partial charge in [-0.05, 0) is 51.1 Å². The number of nitriles is 1. The van der Waals surface area contributed by atoms with E-state index in [-0.39, 0.29) is 21.0 Å². The lowest BCUT2D eigenvalue weighted by molar-refractivity contribution is 0.0563. The summed E-state index contributed by atoms with van der Waals surface area (Å²) < 4.78 is 55.3. The molecule has 0 spiro atoms. The van der Waals surface area contributed by atoms with Crippen molar-refractivity contribution in [3.63, 3.8) is 0 Å². The van der Waals surface area contributed by atoms with Crippen LogP contribution in [0.15, 0.2) is 58.3 Å². The maximum Gasteiger partial charge on any atom is 0.429 e. The molecule has 0 heterocycles. The van der Waals surface area contributed by atoms with Gasteiger partial charge in [-0.25, -0.2) is 32.1 Å². The van der Waals surface area contributed by atoms with Gasteiger partial charge in [0, 0.05) is 6.26 Å². The van der Waals surface area contributed by atoms with Gasteiger partial charge in [-0.2, -0.15) is 5.26 Å². The van der Waals surface area contributed by atoms with E-state index in [9.17, 15) is 21.6 Å². The van der Waals surface area contributed by atoms with Crippen LogP contribution in [0.2, 0.25) is 0 Å². The first-order valence-corrected chi connectivity index (χ1v) is 12.6.